The second-order valence-corrected chi connectivity index (χ2v) is 7.80. The van der Waals surface area contributed by atoms with Gasteiger partial charge in [0.25, 0.3) is 0 Å². The standard InChI is InChI=1S/C17H16FN3O2S2/c1-2-23-16(22)14-10(13-11(18)4-3-5-12(13)25-14)8-24-17-19-15(20-21-17)9-6-7-9/h3-5,9H,2,6-8H2,1H3,(H,19,20,21). The fourth-order valence-electron chi connectivity index (χ4n) is 2.67. The van der Waals surface area contributed by atoms with E-state index in [2.05, 4.69) is 15.2 Å². The van der Waals surface area contributed by atoms with Crippen molar-refractivity contribution >= 4 is 39.2 Å². The number of nitrogens with one attached hydrogen (secondary N) is 1. The Morgan fingerprint density at radius 1 is 1.48 bits per heavy atom. The first kappa shape index (κ1) is 16.5. The first-order valence-electron chi connectivity index (χ1n) is 8.09. The molecule has 0 aliphatic heterocycles. The van der Waals surface area contributed by atoms with Crippen LogP contribution in [0.5, 0.6) is 0 Å². The van der Waals surface area contributed by atoms with Crippen LogP contribution in [0.25, 0.3) is 10.1 Å². The van der Waals surface area contributed by atoms with Gasteiger partial charge in [-0.25, -0.2) is 14.2 Å². The molecule has 8 heteroatoms. The molecule has 0 atom stereocenters. The lowest BCUT2D eigenvalue weighted by molar-refractivity contribution is 0.0531. The minimum Gasteiger partial charge on any atom is -0.462 e. The first-order chi connectivity index (χ1) is 12.2. The zero-order valence-corrected chi connectivity index (χ0v) is 15.2. The Balaban J connectivity index is 1.65. The van der Waals surface area contributed by atoms with Crippen LogP contribution in [0.4, 0.5) is 4.39 Å². The third-order valence-electron chi connectivity index (χ3n) is 4.02. The number of ether oxygens (including phenoxy) is 1. The zero-order valence-electron chi connectivity index (χ0n) is 13.5. The molecular formula is C17H16FN3O2S2. The lowest BCUT2D eigenvalue weighted by atomic mass is 10.1. The van der Waals surface area contributed by atoms with Crippen molar-refractivity contribution in [1.29, 1.82) is 0 Å². The van der Waals surface area contributed by atoms with Gasteiger partial charge in [-0.15, -0.1) is 16.4 Å². The Bertz CT molecular complexity index is 933. The lowest BCUT2D eigenvalue weighted by Crippen LogP contribution is -2.05. The van der Waals surface area contributed by atoms with Crippen molar-refractivity contribution in [1.82, 2.24) is 15.2 Å². The molecule has 0 saturated heterocycles. The van der Waals surface area contributed by atoms with Crippen molar-refractivity contribution in [2.45, 2.75) is 36.6 Å². The van der Waals surface area contributed by atoms with Crippen LogP contribution in [0, 0.1) is 5.82 Å². The summed E-state index contributed by atoms with van der Waals surface area (Å²) in [4.78, 5) is 17.2. The minimum absolute atomic E-state index is 0.286. The summed E-state index contributed by atoms with van der Waals surface area (Å²) < 4.78 is 20.2. The van der Waals surface area contributed by atoms with Crippen molar-refractivity contribution in [2.75, 3.05) is 6.61 Å². The van der Waals surface area contributed by atoms with Crippen molar-refractivity contribution in [2.24, 2.45) is 0 Å². The topological polar surface area (TPSA) is 67.9 Å². The molecule has 1 aliphatic carbocycles. The molecule has 0 bridgehead atoms. The van der Waals surface area contributed by atoms with E-state index in [9.17, 15) is 9.18 Å². The van der Waals surface area contributed by atoms with E-state index < -0.39 is 5.97 Å². The van der Waals surface area contributed by atoms with E-state index >= 15 is 0 Å². The first-order valence-corrected chi connectivity index (χ1v) is 9.89. The molecule has 1 aliphatic rings. The molecule has 4 rings (SSSR count). The van der Waals surface area contributed by atoms with Crippen LogP contribution in [0.3, 0.4) is 0 Å². The number of thiophene rings is 1. The number of carbonyl (C=O) groups excluding carboxylic acids is 1. The van der Waals surface area contributed by atoms with Gasteiger partial charge in [0, 0.05) is 21.8 Å². The quantitative estimate of drug-likeness (QED) is 0.506. The summed E-state index contributed by atoms with van der Waals surface area (Å²) in [5.74, 6) is 1.09. The van der Waals surface area contributed by atoms with E-state index in [0.717, 1.165) is 23.4 Å². The van der Waals surface area contributed by atoms with Crippen molar-refractivity contribution in [3.05, 3.63) is 40.3 Å². The number of fused-ring (bicyclic) bond motifs is 1. The van der Waals surface area contributed by atoms with E-state index in [1.807, 2.05) is 6.07 Å². The summed E-state index contributed by atoms with van der Waals surface area (Å²) in [7, 11) is 0. The van der Waals surface area contributed by atoms with Gasteiger partial charge in [-0.05, 0) is 37.5 Å². The van der Waals surface area contributed by atoms with Crippen LogP contribution in [-0.2, 0) is 10.5 Å². The number of H-pyrrole nitrogens is 1. The predicted molar refractivity (Wildman–Crippen MR) is 95.7 cm³/mol. The number of benzene rings is 1. The van der Waals surface area contributed by atoms with Gasteiger partial charge in [-0.3, -0.25) is 5.10 Å². The SMILES string of the molecule is CCOC(=O)c1sc2cccc(F)c2c1CSc1n[nH]c(C2CC2)n1. The maximum Gasteiger partial charge on any atom is 0.348 e. The van der Waals surface area contributed by atoms with Gasteiger partial charge in [0.1, 0.15) is 16.5 Å². The Kier molecular flexibility index (Phi) is 4.47. The number of halogens is 1. The molecule has 1 aromatic carbocycles. The average Bonchev–Trinajstić information content (AvgIpc) is 3.21. The Morgan fingerprint density at radius 2 is 2.32 bits per heavy atom. The van der Waals surface area contributed by atoms with Crippen LogP contribution in [0.2, 0.25) is 0 Å². The molecule has 1 saturated carbocycles. The smallest absolute Gasteiger partial charge is 0.348 e. The molecule has 2 aromatic heterocycles. The average molecular weight is 377 g/mol. The maximum atomic E-state index is 14.4. The summed E-state index contributed by atoms with van der Waals surface area (Å²) in [6, 6.07) is 4.88. The number of hydrogen-bond donors (Lipinski definition) is 1. The molecule has 0 spiro atoms. The van der Waals surface area contributed by atoms with Gasteiger partial charge in [0.2, 0.25) is 5.16 Å². The van der Waals surface area contributed by atoms with Crippen molar-refractivity contribution in [3.63, 3.8) is 0 Å². The fourth-order valence-corrected chi connectivity index (χ4v) is 4.72. The molecule has 1 N–H and O–H groups in total. The number of aromatic amines is 1. The molecule has 2 heterocycles. The Hall–Kier alpha value is -1.93. The zero-order chi connectivity index (χ0) is 17.4. The third kappa shape index (κ3) is 3.28. The van der Waals surface area contributed by atoms with E-state index in [1.165, 1.54) is 29.2 Å². The number of thioether (sulfide) groups is 1. The monoisotopic (exact) mass is 377 g/mol. The second-order valence-electron chi connectivity index (χ2n) is 5.81. The number of nitrogens with zero attached hydrogens (tertiary/aromatic N) is 2. The number of carbonyl (C=O) groups is 1. The summed E-state index contributed by atoms with van der Waals surface area (Å²) in [5.41, 5.74) is 0.652. The second kappa shape index (κ2) is 6.76. The highest BCUT2D eigenvalue weighted by molar-refractivity contribution is 7.98. The Labute approximate surface area is 152 Å². The van der Waals surface area contributed by atoms with E-state index in [-0.39, 0.29) is 12.4 Å². The molecule has 0 amide bonds. The maximum absolute atomic E-state index is 14.4. The number of rotatable bonds is 6. The van der Waals surface area contributed by atoms with Crippen LogP contribution in [0.15, 0.2) is 23.4 Å². The summed E-state index contributed by atoms with van der Waals surface area (Å²) in [6.07, 6.45) is 2.29. The van der Waals surface area contributed by atoms with Crippen molar-refractivity contribution in [3.8, 4) is 0 Å². The van der Waals surface area contributed by atoms with Gasteiger partial charge >= 0.3 is 5.97 Å². The molecular weight excluding hydrogens is 361 g/mol. The van der Waals surface area contributed by atoms with Gasteiger partial charge < -0.3 is 4.74 Å². The van der Waals surface area contributed by atoms with Crippen molar-refractivity contribution < 1.29 is 13.9 Å². The predicted octanol–water partition coefficient (Wildman–Crippen LogP) is 4.50. The number of hydrogen-bond acceptors (Lipinski definition) is 6. The summed E-state index contributed by atoms with van der Waals surface area (Å²) in [5, 5.41) is 8.27. The molecule has 25 heavy (non-hydrogen) atoms. The van der Waals surface area contributed by atoms with Gasteiger partial charge in [-0.2, -0.15) is 0 Å². The van der Waals surface area contributed by atoms with E-state index in [0.29, 0.717) is 32.7 Å². The Morgan fingerprint density at radius 3 is 3.08 bits per heavy atom. The molecule has 0 unspecified atom stereocenters. The van der Waals surface area contributed by atoms with E-state index in [1.54, 1.807) is 13.0 Å². The van der Waals surface area contributed by atoms with Gasteiger partial charge in [0.05, 0.1) is 6.61 Å². The van der Waals surface area contributed by atoms with Gasteiger partial charge in [0.15, 0.2) is 0 Å². The highest BCUT2D eigenvalue weighted by Crippen LogP contribution is 2.40. The molecule has 5 nitrogen and oxygen atoms in total. The lowest BCUT2D eigenvalue weighted by Gasteiger charge is -2.04. The van der Waals surface area contributed by atoms with Crippen LogP contribution < -0.4 is 0 Å². The molecule has 3 aromatic rings. The van der Waals surface area contributed by atoms with Crippen LogP contribution in [0.1, 0.15) is 46.7 Å². The third-order valence-corrected chi connectivity index (χ3v) is 6.07. The minimum atomic E-state index is -0.410. The number of aromatic nitrogens is 3. The summed E-state index contributed by atoms with van der Waals surface area (Å²) in [6.45, 7) is 2.04. The molecule has 1 fully saturated rings. The van der Waals surface area contributed by atoms with Crippen LogP contribution in [-0.4, -0.2) is 27.8 Å². The van der Waals surface area contributed by atoms with Gasteiger partial charge in [-0.1, -0.05) is 17.8 Å². The normalized spacial score (nSPS) is 14.2. The number of esters is 1. The van der Waals surface area contributed by atoms with E-state index in [4.69, 9.17) is 4.74 Å². The highest BCUT2D eigenvalue weighted by Gasteiger charge is 2.27. The fraction of sp³-hybridized carbons (Fsp3) is 0.353. The van der Waals surface area contributed by atoms with Crippen LogP contribution >= 0.6 is 23.1 Å². The molecule has 0 radical (unpaired) electrons. The largest absolute Gasteiger partial charge is 0.462 e. The summed E-state index contributed by atoms with van der Waals surface area (Å²) >= 11 is 2.66. The highest BCUT2D eigenvalue weighted by atomic mass is 32.2. The molecule has 130 valence electrons.